The minimum atomic E-state index is 0.351. The fourth-order valence-electron chi connectivity index (χ4n) is 2.60. The number of nitrogens with two attached hydrogens (primary N) is 1. The van der Waals surface area contributed by atoms with Crippen LogP contribution in [-0.2, 0) is 0 Å². The lowest BCUT2D eigenvalue weighted by Gasteiger charge is -2.12. The topological polar surface area (TPSA) is 76.7 Å². The van der Waals surface area contributed by atoms with Gasteiger partial charge in [-0.2, -0.15) is 0 Å². The molecule has 0 fully saturated rings. The van der Waals surface area contributed by atoms with Crippen LogP contribution in [0.4, 0.5) is 17.2 Å². The van der Waals surface area contributed by atoms with E-state index in [1.54, 1.807) is 24.5 Å². The van der Waals surface area contributed by atoms with E-state index in [9.17, 15) is 0 Å². The summed E-state index contributed by atoms with van der Waals surface area (Å²) in [5, 5.41) is 4.92. The molecule has 0 atom stereocenters. The fourth-order valence-corrected chi connectivity index (χ4v) is 3.08. The molecule has 0 saturated heterocycles. The maximum atomic E-state index is 6.14. The lowest BCUT2D eigenvalue weighted by atomic mass is 10.2. The van der Waals surface area contributed by atoms with Crippen LogP contribution in [0.2, 0.25) is 10.0 Å². The molecule has 0 spiro atoms. The van der Waals surface area contributed by atoms with Crippen LogP contribution in [0, 0.1) is 0 Å². The van der Waals surface area contributed by atoms with Gasteiger partial charge in [0.15, 0.2) is 5.82 Å². The molecule has 0 amide bonds. The molecule has 7 heteroatoms. The average Bonchev–Trinajstić information content (AvgIpc) is 2.66. The van der Waals surface area contributed by atoms with E-state index < -0.39 is 0 Å². The molecule has 5 nitrogen and oxygen atoms in total. The van der Waals surface area contributed by atoms with Gasteiger partial charge in [0, 0.05) is 29.0 Å². The third-order valence-electron chi connectivity index (χ3n) is 3.88. The molecule has 0 aliphatic rings. The van der Waals surface area contributed by atoms with E-state index in [2.05, 4.69) is 20.3 Å². The smallest absolute Gasteiger partial charge is 0.162 e. The number of hydrogen-bond acceptors (Lipinski definition) is 5. The molecule has 26 heavy (non-hydrogen) atoms. The van der Waals surface area contributed by atoms with Gasteiger partial charge >= 0.3 is 0 Å². The Kier molecular flexibility index (Phi) is 4.32. The number of nitrogens with one attached hydrogen (secondary N) is 1. The minimum Gasteiger partial charge on any atom is -0.396 e. The number of halogens is 2. The molecule has 2 aromatic carbocycles. The van der Waals surface area contributed by atoms with E-state index in [4.69, 9.17) is 28.9 Å². The maximum Gasteiger partial charge on any atom is 0.162 e. The van der Waals surface area contributed by atoms with E-state index >= 15 is 0 Å². The van der Waals surface area contributed by atoms with Gasteiger partial charge in [-0.3, -0.25) is 4.98 Å². The molecule has 0 bridgehead atoms. The standard InChI is InChI=1S/C19H13Cl2N5/c20-14-9-12(10-15(21)17(14)22)24-19-13-3-1-2-4-16(13)25-18(26-19)11-5-7-23-8-6-11/h1-10H,22H2,(H,24,25,26). The van der Waals surface area contributed by atoms with Crippen LogP contribution in [0.1, 0.15) is 0 Å². The van der Waals surface area contributed by atoms with Gasteiger partial charge in [-0.15, -0.1) is 0 Å². The van der Waals surface area contributed by atoms with Crippen LogP contribution >= 0.6 is 23.2 Å². The summed E-state index contributed by atoms with van der Waals surface area (Å²) in [4.78, 5) is 13.4. The van der Waals surface area contributed by atoms with E-state index in [0.29, 0.717) is 33.1 Å². The molecule has 0 saturated carbocycles. The van der Waals surface area contributed by atoms with E-state index in [-0.39, 0.29) is 0 Å². The van der Waals surface area contributed by atoms with Crippen molar-refractivity contribution < 1.29 is 0 Å². The highest BCUT2D eigenvalue weighted by atomic mass is 35.5. The second kappa shape index (κ2) is 6.78. The van der Waals surface area contributed by atoms with Crippen molar-refractivity contribution in [1.29, 1.82) is 0 Å². The zero-order chi connectivity index (χ0) is 18.1. The van der Waals surface area contributed by atoms with Crippen LogP contribution in [0.25, 0.3) is 22.3 Å². The molecule has 2 aromatic heterocycles. The molecule has 3 N–H and O–H groups in total. The van der Waals surface area contributed by atoms with E-state index in [1.807, 2.05) is 36.4 Å². The molecule has 0 aliphatic heterocycles. The first-order valence-corrected chi connectivity index (χ1v) is 8.56. The van der Waals surface area contributed by atoms with Crippen molar-refractivity contribution >= 4 is 51.3 Å². The number of hydrogen-bond donors (Lipinski definition) is 2. The monoisotopic (exact) mass is 381 g/mol. The Balaban J connectivity index is 1.86. The number of nitrogen functional groups attached to an aromatic ring is 1. The van der Waals surface area contributed by atoms with Gasteiger partial charge in [0.2, 0.25) is 0 Å². The molecule has 0 aliphatic carbocycles. The Morgan fingerprint density at radius 1 is 0.885 bits per heavy atom. The second-order valence-corrected chi connectivity index (χ2v) is 6.44. The lowest BCUT2D eigenvalue weighted by Crippen LogP contribution is -2.00. The maximum absolute atomic E-state index is 6.14. The molecule has 4 rings (SSSR count). The van der Waals surface area contributed by atoms with Gasteiger partial charge in [-0.25, -0.2) is 9.97 Å². The van der Waals surface area contributed by atoms with Gasteiger partial charge in [-0.05, 0) is 36.4 Å². The van der Waals surface area contributed by atoms with Crippen molar-refractivity contribution in [2.45, 2.75) is 0 Å². The normalized spacial score (nSPS) is 10.8. The second-order valence-electron chi connectivity index (χ2n) is 5.63. The van der Waals surface area contributed by atoms with Crippen molar-refractivity contribution in [2.75, 3.05) is 11.1 Å². The largest absolute Gasteiger partial charge is 0.396 e. The Morgan fingerprint density at radius 2 is 1.58 bits per heavy atom. The van der Waals surface area contributed by atoms with Gasteiger partial charge in [0.25, 0.3) is 0 Å². The van der Waals surface area contributed by atoms with Crippen molar-refractivity contribution in [3.05, 3.63) is 71.0 Å². The van der Waals surface area contributed by atoms with Crippen molar-refractivity contribution in [3.63, 3.8) is 0 Å². The third-order valence-corrected chi connectivity index (χ3v) is 4.51. The van der Waals surface area contributed by atoms with Crippen LogP contribution in [0.5, 0.6) is 0 Å². The summed E-state index contributed by atoms with van der Waals surface area (Å²) < 4.78 is 0. The predicted molar refractivity (Wildman–Crippen MR) is 107 cm³/mol. The number of nitrogens with zero attached hydrogens (tertiary/aromatic N) is 3. The van der Waals surface area contributed by atoms with Crippen LogP contribution in [0.15, 0.2) is 60.9 Å². The molecule has 0 unspecified atom stereocenters. The number of para-hydroxylation sites is 1. The van der Waals surface area contributed by atoms with Crippen LogP contribution in [-0.4, -0.2) is 15.0 Å². The summed E-state index contributed by atoms with van der Waals surface area (Å²) in [6.07, 6.45) is 3.42. The van der Waals surface area contributed by atoms with Gasteiger partial charge in [0.1, 0.15) is 5.82 Å². The zero-order valence-electron chi connectivity index (χ0n) is 13.4. The zero-order valence-corrected chi connectivity index (χ0v) is 15.0. The summed E-state index contributed by atoms with van der Waals surface area (Å²) in [6, 6.07) is 14.9. The highest BCUT2D eigenvalue weighted by molar-refractivity contribution is 6.39. The first kappa shape index (κ1) is 16.6. The molecule has 4 aromatic rings. The number of pyridine rings is 1. The third kappa shape index (κ3) is 3.14. The molecule has 2 heterocycles. The van der Waals surface area contributed by atoms with Crippen molar-refractivity contribution in [2.24, 2.45) is 0 Å². The fraction of sp³-hybridized carbons (Fsp3) is 0. The van der Waals surface area contributed by atoms with Crippen molar-refractivity contribution in [1.82, 2.24) is 15.0 Å². The first-order valence-electron chi connectivity index (χ1n) is 7.80. The lowest BCUT2D eigenvalue weighted by molar-refractivity contribution is 1.21. The van der Waals surface area contributed by atoms with Gasteiger partial charge in [-0.1, -0.05) is 35.3 Å². The highest BCUT2D eigenvalue weighted by Gasteiger charge is 2.11. The van der Waals surface area contributed by atoms with Crippen molar-refractivity contribution in [3.8, 4) is 11.4 Å². The Labute approximate surface area is 159 Å². The Bertz CT molecular complexity index is 1080. The first-order chi connectivity index (χ1) is 12.6. The van der Waals surface area contributed by atoms with Gasteiger partial charge in [0.05, 0.1) is 21.2 Å². The summed E-state index contributed by atoms with van der Waals surface area (Å²) >= 11 is 12.3. The Morgan fingerprint density at radius 3 is 2.31 bits per heavy atom. The minimum absolute atomic E-state index is 0.351. The molecular formula is C19H13Cl2N5. The van der Waals surface area contributed by atoms with Gasteiger partial charge < -0.3 is 11.1 Å². The number of benzene rings is 2. The molecule has 0 radical (unpaired) electrons. The Hall–Kier alpha value is -2.89. The number of fused-ring (bicyclic) bond motifs is 1. The quantitative estimate of drug-likeness (QED) is 0.469. The number of rotatable bonds is 3. The number of aromatic nitrogens is 3. The summed E-state index contributed by atoms with van der Waals surface area (Å²) in [5.74, 6) is 1.25. The average molecular weight is 382 g/mol. The van der Waals surface area contributed by atoms with Crippen LogP contribution < -0.4 is 11.1 Å². The van der Waals surface area contributed by atoms with E-state index in [1.165, 1.54) is 0 Å². The summed E-state index contributed by atoms with van der Waals surface area (Å²) in [7, 11) is 0. The summed E-state index contributed by atoms with van der Waals surface area (Å²) in [6.45, 7) is 0. The highest BCUT2D eigenvalue weighted by Crippen LogP contribution is 2.34. The molecular weight excluding hydrogens is 369 g/mol. The van der Waals surface area contributed by atoms with Crippen LogP contribution in [0.3, 0.4) is 0 Å². The SMILES string of the molecule is Nc1c(Cl)cc(Nc2nc(-c3ccncc3)nc3ccccc23)cc1Cl. The number of anilines is 3. The van der Waals surface area contributed by atoms with E-state index in [0.717, 1.165) is 16.5 Å². The molecule has 128 valence electrons. The summed E-state index contributed by atoms with van der Waals surface area (Å²) in [5.41, 5.74) is 8.56. The predicted octanol–water partition coefficient (Wildman–Crippen LogP) is 5.32.